The number of carbonyl (C=O) groups is 1. The number of pyridine rings is 1. The number of aliphatic carboxylic acids is 1. The van der Waals surface area contributed by atoms with Gasteiger partial charge in [0, 0.05) is 39.3 Å². The number of aromatic hydroxyl groups is 1. The predicted octanol–water partition coefficient (Wildman–Crippen LogP) is 6.78. The number of hydrogen-bond acceptors (Lipinski definition) is 5. The first-order valence-electron chi connectivity index (χ1n) is 10.8. The lowest BCUT2D eigenvalue weighted by Crippen LogP contribution is -2.21. The number of halogens is 1. The van der Waals surface area contributed by atoms with Crippen LogP contribution in [0, 0.1) is 5.92 Å². The smallest absolute Gasteiger partial charge is 0.306 e. The van der Waals surface area contributed by atoms with Crippen LogP contribution in [0.15, 0.2) is 48.5 Å². The molecular formula is C25H23ClN2O3S. The molecule has 0 saturated heterocycles. The Morgan fingerprint density at radius 1 is 1.12 bits per heavy atom. The number of carboxylic acids is 1. The summed E-state index contributed by atoms with van der Waals surface area (Å²) in [6.45, 7) is 0.564. The second kappa shape index (κ2) is 8.60. The van der Waals surface area contributed by atoms with Gasteiger partial charge in [-0.1, -0.05) is 35.9 Å². The van der Waals surface area contributed by atoms with E-state index in [0.29, 0.717) is 24.4 Å². The highest BCUT2D eigenvalue weighted by Crippen LogP contribution is 2.42. The molecule has 4 aromatic rings. The Balaban J connectivity index is 1.51. The van der Waals surface area contributed by atoms with Crippen LogP contribution in [0.3, 0.4) is 0 Å². The highest BCUT2D eigenvalue weighted by Gasteiger charge is 2.28. The van der Waals surface area contributed by atoms with Gasteiger partial charge in [-0.3, -0.25) is 4.79 Å². The van der Waals surface area contributed by atoms with E-state index in [9.17, 15) is 15.0 Å². The molecule has 0 unspecified atom stereocenters. The van der Waals surface area contributed by atoms with Crippen molar-refractivity contribution in [3.63, 3.8) is 0 Å². The molecule has 1 fully saturated rings. The van der Waals surface area contributed by atoms with Crippen molar-refractivity contribution in [2.45, 2.75) is 38.1 Å². The molecule has 7 heteroatoms. The van der Waals surface area contributed by atoms with Crippen LogP contribution in [0.2, 0.25) is 5.02 Å². The first-order valence-corrected chi connectivity index (χ1v) is 12.0. The highest BCUT2D eigenvalue weighted by atomic mass is 35.5. The van der Waals surface area contributed by atoms with E-state index in [4.69, 9.17) is 16.6 Å². The SMILES string of the molecule is O=C(O)C1CCC(c2cc(NCc3ccc(O)c(Cl)c3)c3c(n2)sc2ccccc23)CC1. The quantitative estimate of drug-likeness (QED) is 0.302. The molecule has 0 bridgehead atoms. The summed E-state index contributed by atoms with van der Waals surface area (Å²) in [5, 5.41) is 25.2. The zero-order chi connectivity index (χ0) is 22.2. The molecule has 0 amide bonds. The van der Waals surface area contributed by atoms with Gasteiger partial charge < -0.3 is 15.5 Å². The van der Waals surface area contributed by atoms with Crippen LogP contribution < -0.4 is 5.32 Å². The van der Waals surface area contributed by atoms with Gasteiger partial charge in [0.15, 0.2) is 0 Å². The molecule has 2 heterocycles. The lowest BCUT2D eigenvalue weighted by molar-refractivity contribution is -0.142. The third-order valence-electron chi connectivity index (χ3n) is 6.36. The van der Waals surface area contributed by atoms with Gasteiger partial charge in [-0.2, -0.15) is 0 Å². The Bertz CT molecular complexity index is 1310. The van der Waals surface area contributed by atoms with Crippen molar-refractivity contribution >= 4 is 54.9 Å². The molecular weight excluding hydrogens is 444 g/mol. The van der Waals surface area contributed by atoms with E-state index in [2.05, 4.69) is 23.5 Å². The summed E-state index contributed by atoms with van der Waals surface area (Å²) in [6, 6.07) is 15.7. The number of fused-ring (bicyclic) bond motifs is 3. The molecule has 1 saturated carbocycles. The maximum absolute atomic E-state index is 11.3. The number of phenols is 1. The molecule has 0 radical (unpaired) electrons. The van der Waals surface area contributed by atoms with Gasteiger partial charge in [-0.05, 0) is 55.5 Å². The summed E-state index contributed by atoms with van der Waals surface area (Å²) in [7, 11) is 0. The number of hydrogen-bond donors (Lipinski definition) is 3. The van der Waals surface area contributed by atoms with Crippen molar-refractivity contribution in [2.24, 2.45) is 5.92 Å². The van der Waals surface area contributed by atoms with Gasteiger partial charge in [0.2, 0.25) is 0 Å². The Morgan fingerprint density at radius 3 is 2.66 bits per heavy atom. The summed E-state index contributed by atoms with van der Waals surface area (Å²) in [5.41, 5.74) is 3.02. The fraction of sp³-hybridized carbons (Fsp3) is 0.280. The monoisotopic (exact) mass is 466 g/mol. The van der Waals surface area contributed by atoms with Crippen molar-refractivity contribution in [3.05, 3.63) is 64.8 Å². The topological polar surface area (TPSA) is 82.5 Å². The van der Waals surface area contributed by atoms with Gasteiger partial charge in [-0.15, -0.1) is 11.3 Å². The van der Waals surface area contributed by atoms with E-state index in [0.717, 1.165) is 40.0 Å². The third-order valence-corrected chi connectivity index (χ3v) is 7.73. The second-order valence-electron chi connectivity index (χ2n) is 8.40. The Hall–Kier alpha value is -2.83. The number of carboxylic acid groups (broad SMARTS) is 1. The molecule has 0 atom stereocenters. The first kappa shape index (κ1) is 21.0. The molecule has 1 aliphatic rings. The predicted molar refractivity (Wildman–Crippen MR) is 130 cm³/mol. The molecule has 164 valence electrons. The van der Waals surface area contributed by atoms with Gasteiger partial charge in [0.05, 0.1) is 10.9 Å². The normalized spacial score (nSPS) is 18.8. The van der Waals surface area contributed by atoms with Crippen LogP contribution in [0.5, 0.6) is 5.75 Å². The van der Waals surface area contributed by atoms with E-state index in [-0.39, 0.29) is 17.6 Å². The number of benzene rings is 2. The maximum Gasteiger partial charge on any atom is 0.306 e. The summed E-state index contributed by atoms with van der Waals surface area (Å²) in [5.74, 6) is -0.587. The van der Waals surface area contributed by atoms with Crippen LogP contribution >= 0.6 is 22.9 Å². The fourth-order valence-electron chi connectivity index (χ4n) is 4.58. The molecule has 2 aromatic carbocycles. The minimum atomic E-state index is -0.689. The number of anilines is 1. The summed E-state index contributed by atoms with van der Waals surface area (Å²) in [6.07, 6.45) is 3.07. The Morgan fingerprint density at radius 2 is 1.91 bits per heavy atom. The molecule has 32 heavy (non-hydrogen) atoms. The van der Waals surface area contributed by atoms with Crippen molar-refractivity contribution in [1.29, 1.82) is 0 Å². The third kappa shape index (κ3) is 4.00. The molecule has 0 spiro atoms. The van der Waals surface area contributed by atoms with E-state index < -0.39 is 5.97 Å². The van der Waals surface area contributed by atoms with Crippen molar-refractivity contribution in [2.75, 3.05) is 5.32 Å². The van der Waals surface area contributed by atoms with Crippen LogP contribution in [-0.2, 0) is 11.3 Å². The lowest BCUT2D eigenvalue weighted by atomic mass is 9.80. The standard InChI is InChI=1S/C25H23ClN2O3S/c26-18-11-14(5-10-21(18)29)13-27-20-12-19(15-6-8-16(9-7-15)25(30)31)28-24-23(20)17-3-1-2-4-22(17)32-24/h1-5,10-12,15-16,29H,6-9,13H2,(H,27,28)(H,30,31). The van der Waals surface area contributed by atoms with Gasteiger partial charge in [0.25, 0.3) is 0 Å². The second-order valence-corrected chi connectivity index (χ2v) is 9.84. The lowest BCUT2D eigenvalue weighted by Gasteiger charge is -2.26. The largest absolute Gasteiger partial charge is 0.506 e. The number of aromatic nitrogens is 1. The fourth-order valence-corrected chi connectivity index (χ4v) is 5.89. The first-order chi connectivity index (χ1) is 15.5. The molecule has 1 aliphatic carbocycles. The van der Waals surface area contributed by atoms with Crippen molar-refractivity contribution in [1.82, 2.24) is 4.98 Å². The zero-order valence-electron chi connectivity index (χ0n) is 17.3. The van der Waals surface area contributed by atoms with E-state index >= 15 is 0 Å². The van der Waals surface area contributed by atoms with Gasteiger partial charge in [0.1, 0.15) is 10.6 Å². The van der Waals surface area contributed by atoms with E-state index in [1.54, 1.807) is 23.5 Å². The average molecular weight is 467 g/mol. The minimum absolute atomic E-state index is 0.0739. The van der Waals surface area contributed by atoms with Crippen LogP contribution in [0.1, 0.15) is 42.9 Å². The summed E-state index contributed by atoms with van der Waals surface area (Å²) < 4.78 is 1.19. The van der Waals surface area contributed by atoms with Crippen LogP contribution in [0.25, 0.3) is 20.3 Å². The van der Waals surface area contributed by atoms with Gasteiger partial charge >= 0.3 is 5.97 Å². The molecule has 2 aromatic heterocycles. The number of thiophene rings is 1. The van der Waals surface area contributed by atoms with Gasteiger partial charge in [-0.25, -0.2) is 4.98 Å². The Labute approximate surface area is 194 Å². The zero-order valence-corrected chi connectivity index (χ0v) is 18.9. The molecule has 5 nitrogen and oxygen atoms in total. The van der Waals surface area contributed by atoms with E-state index in [1.165, 1.54) is 10.1 Å². The number of nitrogens with zero attached hydrogens (tertiary/aromatic N) is 1. The Kier molecular flexibility index (Phi) is 5.66. The molecule has 5 rings (SSSR count). The molecule has 0 aliphatic heterocycles. The van der Waals surface area contributed by atoms with Crippen molar-refractivity contribution < 1.29 is 15.0 Å². The minimum Gasteiger partial charge on any atom is -0.506 e. The number of rotatable bonds is 5. The number of nitrogens with one attached hydrogen (secondary N) is 1. The van der Waals surface area contributed by atoms with E-state index in [1.807, 2.05) is 18.2 Å². The highest BCUT2D eigenvalue weighted by molar-refractivity contribution is 7.25. The average Bonchev–Trinajstić information content (AvgIpc) is 3.18. The summed E-state index contributed by atoms with van der Waals surface area (Å²) in [4.78, 5) is 17.4. The summed E-state index contributed by atoms with van der Waals surface area (Å²) >= 11 is 7.77. The maximum atomic E-state index is 11.3. The molecule has 3 N–H and O–H groups in total. The van der Waals surface area contributed by atoms with Crippen LogP contribution in [0.4, 0.5) is 5.69 Å². The number of phenolic OH excluding ortho intramolecular Hbond substituents is 1. The van der Waals surface area contributed by atoms with Crippen molar-refractivity contribution in [3.8, 4) is 5.75 Å². The van der Waals surface area contributed by atoms with Crippen LogP contribution in [-0.4, -0.2) is 21.2 Å².